The van der Waals surface area contributed by atoms with Crippen LogP contribution in [0.4, 0.5) is 5.69 Å². The second-order valence-corrected chi connectivity index (χ2v) is 5.92. The summed E-state index contributed by atoms with van der Waals surface area (Å²) >= 11 is 1.45. The maximum atomic E-state index is 12.2. The van der Waals surface area contributed by atoms with E-state index in [4.69, 9.17) is 9.47 Å². The van der Waals surface area contributed by atoms with Crippen molar-refractivity contribution in [3.05, 3.63) is 42.7 Å². The Labute approximate surface area is 134 Å². The molecule has 116 valence electrons. The number of rotatable bonds is 6. The van der Waals surface area contributed by atoms with Crippen LogP contribution >= 0.6 is 11.8 Å². The minimum atomic E-state index is -0.252. The molecule has 1 aromatic carbocycles. The van der Waals surface area contributed by atoms with Crippen LogP contribution in [0.15, 0.2) is 47.6 Å². The number of carbonyl (C=O) groups is 1. The lowest BCUT2D eigenvalue weighted by atomic mass is 10.3. The fourth-order valence-electron chi connectivity index (χ4n) is 1.83. The van der Waals surface area contributed by atoms with Crippen LogP contribution in [0.25, 0.3) is 0 Å². The van der Waals surface area contributed by atoms with Gasteiger partial charge in [0.2, 0.25) is 5.91 Å². The number of anilines is 1. The Morgan fingerprint density at radius 1 is 1.23 bits per heavy atom. The lowest BCUT2D eigenvalue weighted by Crippen LogP contribution is -2.22. The molecule has 22 heavy (non-hydrogen) atoms. The molecule has 0 bridgehead atoms. The number of carbonyl (C=O) groups excluding carboxylic acids is 1. The first-order chi connectivity index (χ1) is 10.6. The van der Waals surface area contributed by atoms with Crippen molar-refractivity contribution in [2.24, 2.45) is 0 Å². The summed E-state index contributed by atoms with van der Waals surface area (Å²) in [6.45, 7) is 1.85. The lowest BCUT2D eigenvalue weighted by Gasteiger charge is -2.13. The third kappa shape index (κ3) is 4.14. The highest BCUT2D eigenvalue weighted by Crippen LogP contribution is 2.33. The van der Waals surface area contributed by atoms with Crippen LogP contribution in [0.1, 0.15) is 6.92 Å². The molecular weight excluding hydrogens is 300 g/mol. The summed E-state index contributed by atoms with van der Waals surface area (Å²) in [6.07, 6.45) is 3.28. The summed E-state index contributed by atoms with van der Waals surface area (Å²) in [5.41, 5.74) is 0.687. The molecule has 0 aliphatic heterocycles. The first-order valence-corrected chi connectivity index (χ1v) is 7.61. The molecule has 5 nitrogen and oxygen atoms in total. The normalized spacial score (nSPS) is 11.6. The predicted molar refractivity (Wildman–Crippen MR) is 87.7 cm³/mol. The highest BCUT2D eigenvalue weighted by Gasteiger charge is 2.16. The van der Waals surface area contributed by atoms with Gasteiger partial charge in [0.1, 0.15) is 0 Å². The molecule has 6 heteroatoms. The van der Waals surface area contributed by atoms with E-state index < -0.39 is 0 Å². The number of hydrogen-bond acceptors (Lipinski definition) is 5. The number of amides is 1. The highest BCUT2D eigenvalue weighted by atomic mass is 32.2. The zero-order valence-electron chi connectivity index (χ0n) is 12.7. The maximum absolute atomic E-state index is 12.2. The standard InChI is InChI=1S/C16H18N2O3S/c1-11(16(19)18-12-5-4-8-17-10-12)22-13-6-7-14(20-2)15(9-13)21-3/h4-11H,1-3H3,(H,18,19)/t11-/m0/s1. The van der Waals surface area contributed by atoms with Crippen LogP contribution in [0.5, 0.6) is 11.5 Å². The van der Waals surface area contributed by atoms with E-state index in [1.165, 1.54) is 11.8 Å². The van der Waals surface area contributed by atoms with Gasteiger partial charge in [-0.3, -0.25) is 9.78 Å². The molecule has 0 aliphatic rings. The molecule has 2 rings (SSSR count). The first kappa shape index (κ1) is 16.2. The van der Waals surface area contributed by atoms with Gasteiger partial charge in [-0.1, -0.05) is 0 Å². The van der Waals surface area contributed by atoms with Crippen LogP contribution in [0.2, 0.25) is 0 Å². The van der Waals surface area contributed by atoms with Gasteiger partial charge in [0.05, 0.1) is 31.4 Å². The number of benzene rings is 1. The van der Waals surface area contributed by atoms with Crippen molar-refractivity contribution < 1.29 is 14.3 Å². The number of hydrogen-bond donors (Lipinski definition) is 1. The first-order valence-electron chi connectivity index (χ1n) is 6.73. The minimum Gasteiger partial charge on any atom is -0.493 e. The van der Waals surface area contributed by atoms with E-state index in [1.807, 2.05) is 25.1 Å². The second kappa shape index (κ2) is 7.70. The monoisotopic (exact) mass is 318 g/mol. The van der Waals surface area contributed by atoms with Crippen LogP contribution in [0.3, 0.4) is 0 Å². The van der Waals surface area contributed by atoms with E-state index in [0.29, 0.717) is 17.2 Å². The highest BCUT2D eigenvalue weighted by molar-refractivity contribution is 8.00. The van der Waals surface area contributed by atoms with E-state index in [-0.39, 0.29) is 11.2 Å². The van der Waals surface area contributed by atoms with Gasteiger partial charge < -0.3 is 14.8 Å². The van der Waals surface area contributed by atoms with Crippen molar-refractivity contribution in [3.8, 4) is 11.5 Å². The Morgan fingerprint density at radius 2 is 2.00 bits per heavy atom. The van der Waals surface area contributed by atoms with Crippen molar-refractivity contribution in [3.63, 3.8) is 0 Å². The third-order valence-electron chi connectivity index (χ3n) is 2.97. The van der Waals surface area contributed by atoms with Gasteiger partial charge in [0.25, 0.3) is 0 Å². The van der Waals surface area contributed by atoms with Gasteiger partial charge in [0, 0.05) is 11.1 Å². The molecule has 2 aromatic rings. The number of aromatic nitrogens is 1. The number of pyridine rings is 1. The Balaban J connectivity index is 2.02. The van der Waals surface area contributed by atoms with Gasteiger partial charge in [-0.25, -0.2) is 0 Å². The number of ether oxygens (including phenoxy) is 2. The summed E-state index contributed by atoms with van der Waals surface area (Å²) in [6, 6.07) is 9.17. The Morgan fingerprint density at radius 3 is 2.64 bits per heavy atom. The van der Waals surface area contributed by atoms with Crippen LogP contribution in [0, 0.1) is 0 Å². The van der Waals surface area contributed by atoms with E-state index >= 15 is 0 Å². The van der Waals surface area contributed by atoms with Crippen LogP contribution in [-0.2, 0) is 4.79 Å². The number of thioether (sulfide) groups is 1. The Hall–Kier alpha value is -2.21. The van der Waals surface area contributed by atoms with Gasteiger partial charge in [-0.05, 0) is 37.3 Å². The summed E-state index contributed by atoms with van der Waals surface area (Å²) in [5.74, 6) is 1.24. The third-order valence-corrected chi connectivity index (χ3v) is 4.06. The van der Waals surface area contributed by atoms with Gasteiger partial charge in [0.15, 0.2) is 11.5 Å². The second-order valence-electron chi connectivity index (χ2n) is 4.51. The van der Waals surface area contributed by atoms with E-state index in [1.54, 1.807) is 38.7 Å². The average molecular weight is 318 g/mol. The Bertz CT molecular complexity index is 635. The zero-order valence-corrected chi connectivity index (χ0v) is 13.5. The molecule has 0 unspecified atom stereocenters. The van der Waals surface area contributed by atoms with E-state index in [2.05, 4.69) is 10.3 Å². The Kier molecular flexibility index (Phi) is 5.66. The maximum Gasteiger partial charge on any atom is 0.237 e. The van der Waals surface area contributed by atoms with Gasteiger partial charge in [-0.2, -0.15) is 0 Å². The molecule has 0 saturated carbocycles. The largest absolute Gasteiger partial charge is 0.493 e. The van der Waals surface area contributed by atoms with E-state index in [0.717, 1.165) is 4.90 Å². The number of nitrogens with zero attached hydrogens (tertiary/aromatic N) is 1. The van der Waals surface area contributed by atoms with Crippen LogP contribution < -0.4 is 14.8 Å². The predicted octanol–water partition coefficient (Wildman–Crippen LogP) is 3.22. The molecule has 0 fully saturated rings. The molecule has 1 amide bonds. The summed E-state index contributed by atoms with van der Waals surface area (Å²) in [7, 11) is 3.18. The number of methoxy groups -OCH3 is 2. The summed E-state index contributed by atoms with van der Waals surface area (Å²) < 4.78 is 10.5. The molecule has 0 spiro atoms. The average Bonchev–Trinajstić information content (AvgIpc) is 2.55. The fourth-order valence-corrected chi connectivity index (χ4v) is 2.72. The quantitative estimate of drug-likeness (QED) is 0.829. The van der Waals surface area contributed by atoms with Gasteiger partial charge in [-0.15, -0.1) is 11.8 Å². The van der Waals surface area contributed by atoms with E-state index in [9.17, 15) is 4.79 Å². The molecule has 0 aliphatic carbocycles. The molecule has 0 saturated heterocycles. The lowest BCUT2D eigenvalue weighted by molar-refractivity contribution is -0.115. The van der Waals surface area contributed by atoms with Crippen molar-refractivity contribution in [2.75, 3.05) is 19.5 Å². The molecule has 1 heterocycles. The van der Waals surface area contributed by atoms with Crippen LogP contribution in [-0.4, -0.2) is 30.4 Å². The molecular formula is C16H18N2O3S. The molecule has 1 atom stereocenters. The summed E-state index contributed by atoms with van der Waals surface area (Å²) in [5, 5.41) is 2.58. The van der Waals surface area contributed by atoms with Crippen molar-refractivity contribution in [2.45, 2.75) is 17.1 Å². The molecule has 1 N–H and O–H groups in total. The van der Waals surface area contributed by atoms with Crippen molar-refractivity contribution >= 4 is 23.4 Å². The smallest absolute Gasteiger partial charge is 0.237 e. The minimum absolute atomic E-state index is 0.0761. The van der Waals surface area contributed by atoms with Crippen molar-refractivity contribution in [1.29, 1.82) is 0 Å². The number of nitrogens with one attached hydrogen (secondary N) is 1. The fraction of sp³-hybridized carbons (Fsp3) is 0.250. The van der Waals surface area contributed by atoms with Crippen molar-refractivity contribution in [1.82, 2.24) is 4.98 Å². The summed E-state index contributed by atoms with van der Waals surface area (Å²) in [4.78, 5) is 17.1. The SMILES string of the molecule is COc1ccc(S[C@@H](C)C(=O)Nc2cccnc2)cc1OC. The molecule has 0 radical (unpaired) electrons. The topological polar surface area (TPSA) is 60.5 Å². The zero-order chi connectivity index (χ0) is 15.9. The molecule has 1 aromatic heterocycles. The van der Waals surface area contributed by atoms with Gasteiger partial charge >= 0.3 is 0 Å².